The van der Waals surface area contributed by atoms with Crippen LogP contribution in [0.15, 0.2) is 22.7 Å². The molecule has 0 fully saturated rings. The number of nitrogens with zero attached hydrogens (tertiary/aromatic N) is 1. The molecule has 0 unspecified atom stereocenters. The average Bonchev–Trinajstić information content (AvgIpc) is 2.04. The van der Waals surface area contributed by atoms with Crippen molar-refractivity contribution in [2.75, 3.05) is 0 Å². The highest BCUT2D eigenvalue weighted by Crippen LogP contribution is 2.27. The van der Waals surface area contributed by atoms with Crippen LogP contribution in [0.4, 0.5) is 0 Å². The van der Waals surface area contributed by atoms with E-state index in [9.17, 15) is 0 Å². The minimum atomic E-state index is 0.213. The van der Waals surface area contributed by atoms with Gasteiger partial charge < -0.3 is 0 Å². The maximum atomic E-state index is 8.77. The summed E-state index contributed by atoms with van der Waals surface area (Å²) >= 11 is 6.80. The van der Waals surface area contributed by atoms with Gasteiger partial charge in [0.2, 0.25) is 0 Å². The summed E-state index contributed by atoms with van der Waals surface area (Å²) in [5.74, 6) is 0. The van der Waals surface area contributed by atoms with Gasteiger partial charge in [0, 0.05) is 9.30 Å². The highest BCUT2D eigenvalue weighted by molar-refractivity contribution is 9.10. The molecule has 0 heterocycles. The number of benzene rings is 1. The van der Waals surface area contributed by atoms with Gasteiger partial charge in [-0.15, -0.1) is 0 Å². The molecule has 3 heteroatoms. The van der Waals surface area contributed by atoms with Gasteiger partial charge in [0.1, 0.15) is 0 Å². The molecule has 62 valence electrons. The van der Waals surface area contributed by atoms with E-state index in [1.807, 2.05) is 25.1 Å². The van der Waals surface area contributed by atoms with E-state index in [1.54, 1.807) is 0 Å². The van der Waals surface area contributed by atoms with Gasteiger partial charge in [0.25, 0.3) is 0 Å². The topological polar surface area (TPSA) is 23.8 Å². The van der Waals surface area contributed by atoms with Gasteiger partial charge in [-0.05, 0) is 30.7 Å². The molecule has 0 bridgehead atoms. The number of halogens is 2. The Balaban J connectivity index is 3.24. The molecule has 0 saturated heterocycles. The second-order valence-electron chi connectivity index (χ2n) is 2.46. The van der Waals surface area contributed by atoms with Crippen LogP contribution in [0, 0.1) is 11.3 Å². The monoisotopic (exact) mass is 287 g/mol. The van der Waals surface area contributed by atoms with Crippen LogP contribution in [0.25, 0.3) is 0 Å². The third-order valence-electron chi connectivity index (χ3n) is 1.56. The first-order chi connectivity index (χ1) is 5.65. The summed E-state index contributed by atoms with van der Waals surface area (Å²) in [6.45, 7) is 2.00. The van der Waals surface area contributed by atoms with Crippen LogP contribution in [-0.4, -0.2) is 0 Å². The maximum absolute atomic E-state index is 8.77. The van der Waals surface area contributed by atoms with Crippen molar-refractivity contribution in [3.8, 4) is 6.07 Å². The van der Waals surface area contributed by atoms with Crippen LogP contribution < -0.4 is 0 Å². The Bertz CT molecular complexity index is 326. The zero-order valence-electron chi connectivity index (χ0n) is 6.51. The van der Waals surface area contributed by atoms with E-state index in [1.165, 1.54) is 0 Å². The molecule has 0 N–H and O–H groups in total. The molecule has 0 aliphatic heterocycles. The Labute approximate surface area is 88.7 Å². The van der Waals surface area contributed by atoms with Gasteiger partial charge in [0.15, 0.2) is 0 Å². The Morgan fingerprint density at radius 3 is 2.67 bits per heavy atom. The van der Waals surface area contributed by atoms with Crippen molar-refractivity contribution in [3.63, 3.8) is 0 Å². The summed E-state index contributed by atoms with van der Waals surface area (Å²) in [4.78, 5) is 0.213. The van der Waals surface area contributed by atoms with Crippen molar-refractivity contribution < 1.29 is 0 Å². The SMILES string of the molecule is C[C@H](Br)c1cc(Br)ccc1C#N. The predicted octanol–water partition coefficient (Wildman–Crippen LogP) is 3.78. The van der Waals surface area contributed by atoms with E-state index in [0.29, 0.717) is 0 Å². The minimum absolute atomic E-state index is 0.213. The third kappa shape index (κ3) is 2.09. The van der Waals surface area contributed by atoms with Crippen molar-refractivity contribution in [1.29, 1.82) is 5.26 Å². The largest absolute Gasteiger partial charge is 0.192 e. The van der Waals surface area contributed by atoms with Crippen molar-refractivity contribution in [2.24, 2.45) is 0 Å². The molecular formula is C9H7Br2N. The molecule has 12 heavy (non-hydrogen) atoms. The lowest BCUT2D eigenvalue weighted by Gasteiger charge is -2.05. The highest BCUT2D eigenvalue weighted by atomic mass is 79.9. The van der Waals surface area contributed by atoms with Gasteiger partial charge in [0.05, 0.1) is 11.6 Å². The van der Waals surface area contributed by atoms with E-state index >= 15 is 0 Å². The Hall–Kier alpha value is -0.330. The third-order valence-corrected chi connectivity index (χ3v) is 2.55. The Morgan fingerprint density at radius 1 is 1.50 bits per heavy atom. The fourth-order valence-corrected chi connectivity index (χ4v) is 1.72. The first-order valence-electron chi connectivity index (χ1n) is 3.48. The average molecular weight is 289 g/mol. The van der Waals surface area contributed by atoms with E-state index in [-0.39, 0.29) is 4.83 Å². The van der Waals surface area contributed by atoms with Gasteiger partial charge in [-0.2, -0.15) is 5.26 Å². The van der Waals surface area contributed by atoms with Gasteiger partial charge in [-0.3, -0.25) is 0 Å². The number of hydrogen-bond acceptors (Lipinski definition) is 1. The number of hydrogen-bond donors (Lipinski definition) is 0. The fourth-order valence-electron chi connectivity index (χ4n) is 0.965. The van der Waals surface area contributed by atoms with Crippen molar-refractivity contribution >= 4 is 31.9 Å². The number of rotatable bonds is 1. The maximum Gasteiger partial charge on any atom is 0.0994 e. The van der Waals surface area contributed by atoms with Crippen LogP contribution in [0.5, 0.6) is 0 Å². The Morgan fingerprint density at radius 2 is 2.17 bits per heavy atom. The molecule has 1 aromatic carbocycles. The van der Waals surface area contributed by atoms with Crippen molar-refractivity contribution in [3.05, 3.63) is 33.8 Å². The molecule has 0 aliphatic rings. The lowest BCUT2D eigenvalue weighted by atomic mass is 10.1. The first kappa shape index (κ1) is 9.76. The van der Waals surface area contributed by atoms with E-state index in [2.05, 4.69) is 37.9 Å². The number of nitriles is 1. The predicted molar refractivity (Wildman–Crippen MR) is 56.2 cm³/mol. The first-order valence-corrected chi connectivity index (χ1v) is 5.19. The minimum Gasteiger partial charge on any atom is -0.192 e. The van der Waals surface area contributed by atoms with E-state index in [4.69, 9.17) is 5.26 Å². The molecular weight excluding hydrogens is 282 g/mol. The number of alkyl halides is 1. The van der Waals surface area contributed by atoms with Crippen LogP contribution in [-0.2, 0) is 0 Å². The molecule has 0 amide bonds. The van der Waals surface area contributed by atoms with Crippen molar-refractivity contribution in [2.45, 2.75) is 11.8 Å². The molecule has 1 aromatic rings. The molecule has 1 nitrogen and oxygen atoms in total. The second-order valence-corrected chi connectivity index (χ2v) is 4.75. The van der Waals surface area contributed by atoms with Crippen LogP contribution in [0.3, 0.4) is 0 Å². The lowest BCUT2D eigenvalue weighted by molar-refractivity contribution is 1.11. The van der Waals surface area contributed by atoms with Gasteiger partial charge >= 0.3 is 0 Å². The second kappa shape index (κ2) is 4.06. The highest BCUT2D eigenvalue weighted by Gasteiger charge is 2.07. The molecule has 1 atom stereocenters. The Kier molecular flexibility index (Phi) is 3.30. The molecule has 0 aromatic heterocycles. The summed E-state index contributed by atoms with van der Waals surface area (Å²) in [7, 11) is 0. The zero-order valence-corrected chi connectivity index (χ0v) is 9.68. The van der Waals surface area contributed by atoms with Crippen LogP contribution >= 0.6 is 31.9 Å². The van der Waals surface area contributed by atoms with E-state index < -0.39 is 0 Å². The van der Waals surface area contributed by atoms with Crippen LogP contribution in [0.1, 0.15) is 22.9 Å². The standard InChI is InChI=1S/C9H7Br2N/c1-6(10)9-4-8(11)3-2-7(9)5-12/h2-4,6H,1H3/t6-/m0/s1. The molecule has 0 radical (unpaired) electrons. The molecule has 0 aliphatic carbocycles. The summed E-state index contributed by atoms with van der Waals surface area (Å²) in [6, 6.07) is 7.80. The summed E-state index contributed by atoms with van der Waals surface area (Å²) in [5.41, 5.74) is 1.74. The fraction of sp³-hybridized carbons (Fsp3) is 0.222. The van der Waals surface area contributed by atoms with Gasteiger partial charge in [-0.1, -0.05) is 31.9 Å². The van der Waals surface area contributed by atoms with Crippen LogP contribution in [0.2, 0.25) is 0 Å². The molecule has 0 saturated carbocycles. The van der Waals surface area contributed by atoms with E-state index in [0.717, 1.165) is 15.6 Å². The normalized spacial score (nSPS) is 12.2. The summed E-state index contributed by atoms with van der Waals surface area (Å²) in [5, 5.41) is 8.77. The molecule has 1 rings (SSSR count). The quantitative estimate of drug-likeness (QED) is 0.722. The van der Waals surface area contributed by atoms with Gasteiger partial charge in [-0.25, -0.2) is 0 Å². The summed E-state index contributed by atoms with van der Waals surface area (Å²) < 4.78 is 1.00. The molecule has 0 spiro atoms. The lowest BCUT2D eigenvalue weighted by Crippen LogP contribution is -1.89. The zero-order chi connectivity index (χ0) is 9.14. The van der Waals surface area contributed by atoms with Crippen molar-refractivity contribution in [1.82, 2.24) is 0 Å². The smallest absolute Gasteiger partial charge is 0.0994 e. The summed E-state index contributed by atoms with van der Waals surface area (Å²) in [6.07, 6.45) is 0.